The summed E-state index contributed by atoms with van der Waals surface area (Å²) in [5, 5.41) is 6.81. The zero-order valence-electron chi connectivity index (χ0n) is 16.6. The molecule has 2 saturated heterocycles. The first-order valence-corrected chi connectivity index (χ1v) is 10.0. The Balaban J connectivity index is 0.00000140. The monoisotopic (exact) mass is 429 g/mol. The third-order valence-electron chi connectivity index (χ3n) is 6.45. The Labute approximate surface area is 180 Å². The lowest BCUT2D eigenvalue weighted by molar-refractivity contribution is -0.124. The van der Waals surface area contributed by atoms with Crippen LogP contribution in [0.5, 0.6) is 0 Å². The summed E-state index contributed by atoms with van der Waals surface area (Å²) in [5.74, 6) is 0.466. The molecule has 1 amide bonds. The molecule has 1 aromatic carbocycles. The summed E-state index contributed by atoms with van der Waals surface area (Å²) in [4.78, 5) is 15.4. The number of benzene rings is 1. The number of carbonyl (C=O) groups excluding carboxylic acids is 1. The quantitative estimate of drug-likeness (QED) is 0.755. The van der Waals surface area contributed by atoms with Gasteiger partial charge in [-0.3, -0.25) is 9.69 Å². The van der Waals surface area contributed by atoms with Crippen molar-refractivity contribution in [2.45, 2.75) is 32.2 Å². The number of aryl methyl sites for hydroxylation is 1. The highest BCUT2D eigenvalue weighted by molar-refractivity contribution is 5.85. The molecule has 28 heavy (non-hydrogen) atoms. The first-order valence-electron chi connectivity index (χ1n) is 10.0. The van der Waals surface area contributed by atoms with Gasteiger partial charge in [-0.25, -0.2) is 0 Å². The highest BCUT2D eigenvalue weighted by Gasteiger charge is 2.57. The van der Waals surface area contributed by atoms with Gasteiger partial charge in [0.2, 0.25) is 5.91 Å². The van der Waals surface area contributed by atoms with E-state index >= 15 is 0 Å². The van der Waals surface area contributed by atoms with Crippen molar-refractivity contribution < 1.29 is 9.53 Å². The molecule has 3 fully saturated rings. The van der Waals surface area contributed by atoms with Crippen LogP contribution < -0.4 is 10.6 Å². The molecular formula is C21H33Cl2N3O2. The maximum Gasteiger partial charge on any atom is 0.224 e. The lowest BCUT2D eigenvalue weighted by atomic mass is 9.91. The number of morpholine rings is 1. The summed E-state index contributed by atoms with van der Waals surface area (Å²) in [6.07, 6.45) is 3.35. The molecule has 0 aromatic heterocycles. The molecule has 2 N–H and O–H groups in total. The van der Waals surface area contributed by atoms with Gasteiger partial charge in [0.15, 0.2) is 0 Å². The van der Waals surface area contributed by atoms with E-state index in [1.165, 1.54) is 11.1 Å². The fourth-order valence-electron chi connectivity index (χ4n) is 4.54. The number of rotatable bonds is 5. The van der Waals surface area contributed by atoms with Crippen LogP contribution in [0.3, 0.4) is 0 Å². The van der Waals surface area contributed by atoms with E-state index in [4.69, 9.17) is 4.74 Å². The van der Waals surface area contributed by atoms with E-state index in [0.29, 0.717) is 0 Å². The first-order chi connectivity index (χ1) is 12.7. The Morgan fingerprint density at radius 3 is 2.50 bits per heavy atom. The molecule has 158 valence electrons. The van der Waals surface area contributed by atoms with Gasteiger partial charge in [-0.1, -0.05) is 29.8 Å². The fraction of sp³-hybridized carbons (Fsp3) is 0.667. The van der Waals surface area contributed by atoms with Crippen molar-refractivity contribution in [1.29, 1.82) is 0 Å². The van der Waals surface area contributed by atoms with Crippen molar-refractivity contribution in [1.82, 2.24) is 15.5 Å². The van der Waals surface area contributed by atoms with E-state index in [1.54, 1.807) is 0 Å². The normalized spacial score (nSPS) is 24.5. The standard InChI is InChI=1S/C21H31N3O2.2ClH/c1-16-2-4-17(5-3-16)19(15-24-10-12-26-13-11-24)23-20(25)18-14-21(18)6-8-22-9-7-21;;/h2-5,18-19,22H,6-15H2,1H3,(H,23,25);2*1H. The van der Waals surface area contributed by atoms with Crippen molar-refractivity contribution in [2.24, 2.45) is 11.3 Å². The van der Waals surface area contributed by atoms with Gasteiger partial charge in [0.25, 0.3) is 0 Å². The summed E-state index contributed by atoms with van der Waals surface area (Å²) in [5.41, 5.74) is 2.74. The Kier molecular flexibility index (Phi) is 8.59. The van der Waals surface area contributed by atoms with E-state index in [0.717, 1.165) is 65.2 Å². The molecular weight excluding hydrogens is 397 g/mol. The second kappa shape index (κ2) is 10.3. The van der Waals surface area contributed by atoms with Crippen molar-refractivity contribution >= 4 is 30.7 Å². The van der Waals surface area contributed by atoms with Gasteiger partial charge >= 0.3 is 0 Å². The van der Waals surface area contributed by atoms with Gasteiger partial charge in [-0.15, -0.1) is 24.8 Å². The van der Waals surface area contributed by atoms with Crippen molar-refractivity contribution in [3.8, 4) is 0 Å². The van der Waals surface area contributed by atoms with Crippen LogP contribution in [0.15, 0.2) is 24.3 Å². The van der Waals surface area contributed by atoms with Gasteiger partial charge in [-0.05, 0) is 50.3 Å². The molecule has 2 heterocycles. The second-order valence-corrected chi connectivity index (χ2v) is 8.25. The number of halogens is 2. The third-order valence-corrected chi connectivity index (χ3v) is 6.45. The number of carbonyl (C=O) groups is 1. The predicted molar refractivity (Wildman–Crippen MR) is 116 cm³/mol. The summed E-state index contributed by atoms with van der Waals surface area (Å²) in [7, 11) is 0. The largest absolute Gasteiger partial charge is 0.379 e. The average molecular weight is 430 g/mol. The van der Waals surface area contributed by atoms with Crippen LogP contribution in [0.2, 0.25) is 0 Å². The maximum absolute atomic E-state index is 13.0. The topological polar surface area (TPSA) is 53.6 Å². The average Bonchev–Trinajstić information content (AvgIpc) is 3.36. The van der Waals surface area contributed by atoms with Crippen molar-refractivity contribution in [2.75, 3.05) is 45.9 Å². The Morgan fingerprint density at radius 2 is 1.86 bits per heavy atom. The van der Waals surface area contributed by atoms with E-state index < -0.39 is 0 Å². The number of nitrogens with zero attached hydrogens (tertiary/aromatic N) is 1. The molecule has 2 aliphatic heterocycles. The summed E-state index contributed by atoms with van der Waals surface area (Å²) in [6, 6.07) is 8.65. The number of piperidine rings is 1. The van der Waals surface area contributed by atoms with E-state index in [1.807, 2.05) is 0 Å². The highest BCUT2D eigenvalue weighted by Crippen LogP contribution is 2.58. The van der Waals surface area contributed by atoms with Crippen LogP contribution in [0, 0.1) is 18.3 Å². The third kappa shape index (κ3) is 5.39. The minimum atomic E-state index is 0. The predicted octanol–water partition coefficient (Wildman–Crippen LogP) is 2.72. The molecule has 0 bridgehead atoms. The number of nitrogens with one attached hydrogen (secondary N) is 2. The summed E-state index contributed by atoms with van der Waals surface area (Å²) in [6.45, 7) is 8.52. The molecule has 0 radical (unpaired) electrons. The number of hydrogen-bond donors (Lipinski definition) is 2. The molecule has 1 saturated carbocycles. The lowest BCUT2D eigenvalue weighted by Crippen LogP contribution is -2.44. The minimum absolute atomic E-state index is 0. The van der Waals surface area contributed by atoms with Gasteiger partial charge in [0.1, 0.15) is 0 Å². The Bertz CT molecular complexity index is 629. The number of ether oxygens (including phenoxy) is 1. The van der Waals surface area contributed by atoms with Crippen LogP contribution in [-0.4, -0.2) is 56.7 Å². The number of hydrogen-bond acceptors (Lipinski definition) is 4. The molecule has 7 heteroatoms. The molecule has 2 atom stereocenters. The maximum atomic E-state index is 13.0. The second-order valence-electron chi connectivity index (χ2n) is 8.25. The number of amides is 1. The van der Waals surface area contributed by atoms with Crippen LogP contribution in [-0.2, 0) is 9.53 Å². The Hall–Kier alpha value is -0.850. The van der Waals surface area contributed by atoms with E-state index in [2.05, 4.69) is 46.7 Å². The zero-order valence-corrected chi connectivity index (χ0v) is 18.2. The van der Waals surface area contributed by atoms with Crippen LogP contribution in [0.1, 0.15) is 36.4 Å². The zero-order chi connectivity index (χ0) is 18.0. The van der Waals surface area contributed by atoms with E-state index in [-0.39, 0.29) is 48.1 Å². The molecule has 5 nitrogen and oxygen atoms in total. The molecule has 4 rings (SSSR count). The fourth-order valence-corrected chi connectivity index (χ4v) is 4.54. The van der Waals surface area contributed by atoms with Gasteiger partial charge in [-0.2, -0.15) is 0 Å². The summed E-state index contributed by atoms with van der Waals surface area (Å²) >= 11 is 0. The molecule has 1 aromatic rings. The molecule has 1 aliphatic carbocycles. The van der Waals surface area contributed by atoms with Crippen molar-refractivity contribution in [3.05, 3.63) is 35.4 Å². The van der Waals surface area contributed by atoms with E-state index in [9.17, 15) is 4.79 Å². The van der Waals surface area contributed by atoms with Crippen LogP contribution in [0.4, 0.5) is 0 Å². The van der Waals surface area contributed by atoms with Gasteiger partial charge in [0.05, 0.1) is 19.3 Å². The van der Waals surface area contributed by atoms with Gasteiger partial charge in [0, 0.05) is 25.6 Å². The minimum Gasteiger partial charge on any atom is -0.379 e. The van der Waals surface area contributed by atoms with Gasteiger partial charge < -0.3 is 15.4 Å². The first kappa shape index (κ1) is 23.4. The smallest absolute Gasteiger partial charge is 0.224 e. The molecule has 2 unspecified atom stereocenters. The molecule has 3 aliphatic rings. The SMILES string of the molecule is Cc1ccc(C(CN2CCOCC2)NC(=O)C2CC23CCNCC3)cc1.Cl.Cl. The van der Waals surface area contributed by atoms with Crippen LogP contribution in [0.25, 0.3) is 0 Å². The summed E-state index contributed by atoms with van der Waals surface area (Å²) < 4.78 is 5.47. The Morgan fingerprint density at radius 1 is 1.21 bits per heavy atom. The molecule has 1 spiro atoms. The van der Waals surface area contributed by atoms with Crippen LogP contribution >= 0.6 is 24.8 Å². The van der Waals surface area contributed by atoms with Crippen molar-refractivity contribution in [3.63, 3.8) is 0 Å². The lowest BCUT2D eigenvalue weighted by Gasteiger charge is -2.31. The highest BCUT2D eigenvalue weighted by atomic mass is 35.5.